The molecule has 0 bridgehead atoms. The minimum atomic E-state index is -0.356. The molecule has 3 rings (SSSR count). The number of nitrogens with one attached hydrogen (secondary N) is 1. The van der Waals surface area contributed by atoms with Gasteiger partial charge in [0, 0.05) is 0 Å². The van der Waals surface area contributed by atoms with Gasteiger partial charge in [-0.2, -0.15) is 5.10 Å². The number of hydrogen-bond acceptors (Lipinski definition) is 5. The average Bonchev–Trinajstić information content (AvgIpc) is 2.91. The van der Waals surface area contributed by atoms with Gasteiger partial charge in [-0.05, 0) is 42.0 Å². The molecule has 1 heterocycles. The number of amides is 1. The largest absolute Gasteiger partial charge is 0.497 e. The number of aromatic nitrogens is 1. The molecule has 0 fully saturated rings. The number of nitrogens with zero attached hydrogens (tertiary/aromatic N) is 2. The Bertz CT molecular complexity index is 942. The van der Waals surface area contributed by atoms with Gasteiger partial charge in [0.2, 0.25) is 0 Å². The maximum Gasteiger partial charge on any atom is 0.308 e. The minimum Gasteiger partial charge on any atom is -0.497 e. The number of fused-ring (bicyclic) bond motifs is 1. The van der Waals surface area contributed by atoms with Gasteiger partial charge < -0.3 is 4.74 Å². The Morgan fingerprint density at radius 3 is 2.75 bits per heavy atom. The summed E-state index contributed by atoms with van der Waals surface area (Å²) in [5, 5.41) is 3.91. The Balaban J connectivity index is 1.65. The van der Waals surface area contributed by atoms with Gasteiger partial charge in [0.25, 0.3) is 5.91 Å². The normalized spacial score (nSPS) is 11.0. The number of para-hydroxylation sites is 1. The number of hydrazone groups is 1. The number of thiazole rings is 1. The number of methoxy groups -OCH3 is 1. The van der Waals surface area contributed by atoms with Gasteiger partial charge in [0.05, 0.1) is 23.5 Å². The van der Waals surface area contributed by atoms with Crippen LogP contribution in [0.5, 0.6) is 5.75 Å². The fourth-order valence-electron chi connectivity index (χ4n) is 2.21. The lowest BCUT2D eigenvalue weighted by Crippen LogP contribution is -2.27. The van der Waals surface area contributed by atoms with E-state index in [-0.39, 0.29) is 17.3 Å². The lowest BCUT2D eigenvalue weighted by molar-refractivity contribution is -0.121. The van der Waals surface area contributed by atoms with Crippen LogP contribution in [0.15, 0.2) is 58.4 Å². The van der Waals surface area contributed by atoms with E-state index in [1.807, 2.05) is 36.4 Å². The van der Waals surface area contributed by atoms with E-state index in [2.05, 4.69) is 10.5 Å². The summed E-state index contributed by atoms with van der Waals surface area (Å²) in [6.45, 7) is -0.0667. The van der Waals surface area contributed by atoms with E-state index < -0.39 is 0 Å². The highest BCUT2D eigenvalue weighted by molar-refractivity contribution is 7.16. The standard InChI is InChI=1S/C17H15N3O3S/c1-23-13-8-6-12(7-9-13)10-18-19-16(21)11-20-14-4-2-3-5-15(14)24-17(20)22/h2-10H,11H2,1H3,(H,19,21)/b18-10+. The number of ether oxygens (including phenoxy) is 1. The van der Waals surface area contributed by atoms with Crippen molar-refractivity contribution in [2.24, 2.45) is 5.10 Å². The molecule has 0 atom stereocenters. The zero-order valence-corrected chi connectivity index (χ0v) is 13.7. The zero-order chi connectivity index (χ0) is 16.9. The van der Waals surface area contributed by atoms with E-state index in [1.165, 1.54) is 10.8 Å². The maximum atomic E-state index is 12.0. The molecule has 1 N–H and O–H groups in total. The van der Waals surface area contributed by atoms with E-state index >= 15 is 0 Å². The maximum absolute atomic E-state index is 12.0. The van der Waals surface area contributed by atoms with Crippen LogP contribution in [0.4, 0.5) is 0 Å². The summed E-state index contributed by atoms with van der Waals surface area (Å²) in [5.41, 5.74) is 4.01. The third kappa shape index (κ3) is 3.52. The van der Waals surface area contributed by atoms with Gasteiger partial charge in [0.1, 0.15) is 12.3 Å². The molecule has 0 saturated heterocycles. The Morgan fingerprint density at radius 2 is 2.00 bits per heavy atom. The Hall–Kier alpha value is -2.93. The molecule has 7 heteroatoms. The second-order valence-electron chi connectivity index (χ2n) is 4.99. The average molecular weight is 341 g/mol. The quantitative estimate of drug-likeness (QED) is 0.571. The van der Waals surface area contributed by atoms with Crippen LogP contribution in [-0.2, 0) is 11.3 Å². The van der Waals surface area contributed by atoms with Gasteiger partial charge in [-0.1, -0.05) is 23.5 Å². The van der Waals surface area contributed by atoms with E-state index in [0.29, 0.717) is 0 Å². The van der Waals surface area contributed by atoms with Crippen LogP contribution in [0.2, 0.25) is 0 Å². The molecule has 24 heavy (non-hydrogen) atoms. The van der Waals surface area contributed by atoms with Crippen LogP contribution >= 0.6 is 11.3 Å². The molecule has 2 aromatic carbocycles. The molecule has 0 aliphatic heterocycles. The Kier molecular flexibility index (Phi) is 4.72. The highest BCUT2D eigenvalue weighted by Crippen LogP contribution is 2.16. The number of rotatable bonds is 5. The van der Waals surface area contributed by atoms with Crippen LogP contribution in [0.1, 0.15) is 5.56 Å². The van der Waals surface area contributed by atoms with Crippen LogP contribution in [0.3, 0.4) is 0 Å². The van der Waals surface area contributed by atoms with E-state index in [1.54, 1.807) is 19.2 Å². The van der Waals surface area contributed by atoms with Crippen molar-refractivity contribution in [3.05, 3.63) is 63.8 Å². The zero-order valence-electron chi connectivity index (χ0n) is 12.9. The molecule has 3 aromatic rings. The molecule has 122 valence electrons. The Morgan fingerprint density at radius 1 is 1.25 bits per heavy atom. The Labute approximate surface area is 142 Å². The second kappa shape index (κ2) is 7.10. The van der Waals surface area contributed by atoms with Gasteiger partial charge in [-0.25, -0.2) is 5.43 Å². The lowest BCUT2D eigenvalue weighted by atomic mass is 10.2. The molecular weight excluding hydrogens is 326 g/mol. The van der Waals surface area contributed by atoms with Crippen molar-refractivity contribution < 1.29 is 9.53 Å². The van der Waals surface area contributed by atoms with Crippen LogP contribution in [0.25, 0.3) is 10.2 Å². The van der Waals surface area contributed by atoms with Crippen molar-refractivity contribution >= 4 is 33.7 Å². The van der Waals surface area contributed by atoms with Gasteiger partial charge in [-0.15, -0.1) is 0 Å². The predicted molar refractivity (Wildman–Crippen MR) is 94.8 cm³/mol. The van der Waals surface area contributed by atoms with Gasteiger partial charge in [0.15, 0.2) is 0 Å². The molecule has 0 radical (unpaired) electrons. The summed E-state index contributed by atoms with van der Waals surface area (Å²) >= 11 is 1.12. The number of carbonyl (C=O) groups is 1. The summed E-state index contributed by atoms with van der Waals surface area (Å²) in [4.78, 5) is 23.8. The van der Waals surface area contributed by atoms with E-state index in [0.717, 1.165) is 32.9 Å². The lowest BCUT2D eigenvalue weighted by Gasteiger charge is -2.02. The summed E-state index contributed by atoms with van der Waals surface area (Å²) in [7, 11) is 1.60. The molecular formula is C17H15N3O3S. The van der Waals surface area contributed by atoms with Gasteiger partial charge >= 0.3 is 4.87 Å². The highest BCUT2D eigenvalue weighted by Gasteiger charge is 2.10. The van der Waals surface area contributed by atoms with Crippen molar-refractivity contribution in [3.8, 4) is 5.75 Å². The monoisotopic (exact) mass is 341 g/mol. The van der Waals surface area contributed by atoms with Crippen LogP contribution in [0, 0.1) is 0 Å². The molecule has 1 aromatic heterocycles. The molecule has 0 unspecified atom stereocenters. The summed E-state index contributed by atoms with van der Waals surface area (Å²) in [6.07, 6.45) is 1.53. The highest BCUT2D eigenvalue weighted by atomic mass is 32.1. The molecule has 1 amide bonds. The first-order valence-electron chi connectivity index (χ1n) is 7.22. The fourth-order valence-corrected chi connectivity index (χ4v) is 3.10. The molecule has 0 spiro atoms. The summed E-state index contributed by atoms with van der Waals surface area (Å²) in [5.74, 6) is 0.394. The first-order chi connectivity index (χ1) is 11.7. The summed E-state index contributed by atoms with van der Waals surface area (Å²) in [6, 6.07) is 14.6. The van der Waals surface area contributed by atoms with E-state index in [9.17, 15) is 9.59 Å². The first-order valence-corrected chi connectivity index (χ1v) is 8.03. The van der Waals surface area contributed by atoms with Crippen LogP contribution in [-0.4, -0.2) is 23.8 Å². The topological polar surface area (TPSA) is 72.7 Å². The molecule has 0 saturated carbocycles. The predicted octanol–water partition coefficient (Wildman–Crippen LogP) is 2.22. The molecule has 0 aliphatic rings. The van der Waals surface area contributed by atoms with Crippen molar-refractivity contribution in [1.82, 2.24) is 9.99 Å². The van der Waals surface area contributed by atoms with Crippen molar-refractivity contribution in [3.63, 3.8) is 0 Å². The fraction of sp³-hybridized carbons (Fsp3) is 0.118. The van der Waals surface area contributed by atoms with Crippen molar-refractivity contribution in [2.45, 2.75) is 6.54 Å². The smallest absolute Gasteiger partial charge is 0.308 e. The van der Waals surface area contributed by atoms with Crippen molar-refractivity contribution in [1.29, 1.82) is 0 Å². The second-order valence-corrected chi connectivity index (χ2v) is 5.98. The SMILES string of the molecule is COc1ccc(/C=N/NC(=O)Cn2c(=O)sc3ccccc32)cc1. The minimum absolute atomic E-state index is 0.0667. The van der Waals surface area contributed by atoms with Crippen molar-refractivity contribution in [2.75, 3.05) is 7.11 Å². The van der Waals surface area contributed by atoms with Crippen LogP contribution < -0.4 is 15.0 Å². The molecule has 6 nitrogen and oxygen atoms in total. The first kappa shape index (κ1) is 15.9. The summed E-state index contributed by atoms with van der Waals surface area (Å²) < 4.78 is 7.37. The third-order valence-corrected chi connectivity index (χ3v) is 4.35. The third-order valence-electron chi connectivity index (χ3n) is 3.39. The van der Waals surface area contributed by atoms with Gasteiger partial charge in [-0.3, -0.25) is 14.2 Å². The number of hydrogen-bond donors (Lipinski definition) is 1. The number of carbonyl (C=O) groups excluding carboxylic acids is 1. The molecule has 0 aliphatic carbocycles. The number of benzene rings is 2. The van der Waals surface area contributed by atoms with E-state index in [4.69, 9.17) is 4.74 Å².